The predicted octanol–water partition coefficient (Wildman–Crippen LogP) is 1.85. The molecule has 17 heavy (non-hydrogen) atoms. The summed E-state index contributed by atoms with van der Waals surface area (Å²) in [4.78, 5) is 4.20. The number of aromatic nitrogens is 2. The Morgan fingerprint density at radius 3 is 2.94 bits per heavy atom. The second-order valence-electron chi connectivity index (χ2n) is 4.19. The van der Waals surface area contributed by atoms with Crippen LogP contribution in [0, 0.1) is 6.92 Å². The van der Waals surface area contributed by atoms with Gasteiger partial charge in [0.15, 0.2) is 0 Å². The maximum atomic E-state index is 6.18. The van der Waals surface area contributed by atoms with Crippen LogP contribution in [0.25, 0.3) is 0 Å². The molecule has 3 rings (SSSR count). The molecule has 1 aromatic carbocycles. The highest BCUT2D eigenvalue weighted by molar-refractivity contribution is 7.07. The van der Waals surface area contributed by atoms with E-state index in [9.17, 15) is 0 Å². The molecule has 2 N–H and O–H groups in total. The number of nitrogens with zero attached hydrogens (tertiary/aromatic N) is 2. The van der Waals surface area contributed by atoms with E-state index in [0.29, 0.717) is 5.19 Å². The van der Waals surface area contributed by atoms with Gasteiger partial charge in [0.05, 0.1) is 6.04 Å². The third-order valence-electron chi connectivity index (χ3n) is 3.00. The molecule has 5 heteroatoms. The molecule has 0 aliphatic heterocycles. The van der Waals surface area contributed by atoms with Crippen molar-refractivity contribution in [3.63, 3.8) is 0 Å². The van der Waals surface area contributed by atoms with Gasteiger partial charge in [-0.2, -0.15) is 9.36 Å². The van der Waals surface area contributed by atoms with Crippen molar-refractivity contribution >= 4 is 11.5 Å². The lowest BCUT2D eigenvalue weighted by molar-refractivity contribution is 0.184. The van der Waals surface area contributed by atoms with E-state index in [-0.39, 0.29) is 12.1 Å². The number of ether oxygens (including phenoxy) is 1. The smallest absolute Gasteiger partial charge is 0.293 e. The van der Waals surface area contributed by atoms with Crippen molar-refractivity contribution in [1.82, 2.24) is 9.36 Å². The molecule has 0 spiro atoms. The molecule has 1 aliphatic carbocycles. The normalized spacial score (nSPS) is 22.5. The molecular formula is C12H13N3OS. The molecule has 88 valence electrons. The van der Waals surface area contributed by atoms with Gasteiger partial charge >= 0.3 is 0 Å². The summed E-state index contributed by atoms with van der Waals surface area (Å²) in [5.74, 6) is 0.745. The Labute approximate surface area is 104 Å². The highest BCUT2D eigenvalue weighted by Gasteiger charge is 2.31. The van der Waals surface area contributed by atoms with E-state index in [2.05, 4.69) is 21.5 Å². The highest BCUT2D eigenvalue weighted by Crippen LogP contribution is 2.32. The average Bonchev–Trinajstić information content (AvgIpc) is 2.86. The van der Waals surface area contributed by atoms with Crippen LogP contribution in [0.2, 0.25) is 0 Å². The van der Waals surface area contributed by atoms with E-state index < -0.39 is 0 Å². The summed E-state index contributed by atoms with van der Waals surface area (Å²) in [5.41, 5.74) is 8.63. The van der Waals surface area contributed by atoms with Gasteiger partial charge < -0.3 is 10.5 Å². The molecule has 1 aliphatic rings. The Bertz CT molecular complexity index is 540. The van der Waals surface area contributed by atoms with Gasteiger partial charge in [-0.25, -0.2) is 0 Å². The summed E-state index contributed by atoms with van der Waals surface area (Å²) < 4.78 is 9.91. The van der Waals surface area contributed by atoms with E-state index in [1.54, 1.807) is 0 Å². The third-order valence-corrected chi connectivity index (χ3v) is 3.70. The molecule has 2 aromatic rings. The van der Waals surface area contributed by atoms with Crippen molar-refractivity contribution in [3.05, 3.63) is 41.2 Å². The molecule has 0 bridgehead atoms. The summed E-state index contributed by atoms with van der Waals surface area (Å²) >= 11 is 1.28. The molecule has 0 fully saturated rings. The first-order valence-corrected chi connectivity index (χ1v) is 6.32. The van der Waals surface area contributed by atoms with Crippen LogP contribution in [-0.2, 0) is 6.42 Å². The number of hydrogen-bond donors (Lipinski definition) is 1. The number of fused-ring (bicyclic) bond motifs is 1. The zero-order chi connectivity index (χ0) is 11.8. The van der Waals surface area contributed by atoms with E-state index in [0.717, 1.165) is 12.2 Å². The summed E-state index contributed by atoms with van der Waals surface area (Å²) in [6, 6.07) is 8.13. The van der Waals surface area contributed by atoms with Gasteiger partial charge in [-0.15, -0.1) is 0 Å². The van der Waals surface area contributed by atoms with Gasteiger partial charge in [-0.1, -0.05) is 24.3 Å². The van der Waals surface area contributed by atoms with Crippen LogP contribution in [0.1, 0.15) is 23.0 Å². The van der Waals surface area contributed by atoms with Crippen LogP contribution in [0.15, 0.2) is 24.3 Å². The van der Waals surface area contributed by atoms with E-state index in [1.165, 1.54) is 22.7 Å². The topological polar surface area (TPSA) is 61.0 Å². The van der Waals surface area contributed by atoms with Gasteiger partial charge in [-0.05, 0) is 18.1 Å². The fraction of sp³-hybridized carbons (Fsp3) is 0.333. The Morgan fingerprint density at radius 1 is 1.41 bits per heavy atom. The van der Waals surface area contributed by atoms with Crippen molar-refractivity contribution in [2.24, 2.45) is 5.73 Å². The van der Waals surface area contributed by atoms with Crippen molar-refractivity contribution in [2.45, 2.75) is 25.5 Å². The number of hydrogen-bond acceptors (Lipinski definition) is 5. The number of benzene rings is 1. The largest absolute Gasteiger partial charge is 0.463 e. The molecule has 1 heterocycles. The molecule has 0 saturated carbocycles. The van der Waals surface area contributed by atoms with E-state index in [4.69, 9.17) is 10.5 Å². The molecule has 4 nitrogen and oxygen atoms in total. The van der Waals surface area contributed by atoms with E-state index in [1.807, 2.05) is 19.1 Å². The van der Waals surface area contributed by atoms with Crippen molar-refractivity contribution in [3.8, 4) is 5.19 Å². The molecule has 0 amide bonds. The van der Waals surface area contributed by atoms with Crippen molar-refractivity contribution < 1.29 is 4.74 Å². The Hall–Kier alpha value is -1.46. The second-order valence-corrected chi connectivity index (χ2v) is 4.91. The second kappa shape index (κ2) is 4.09. The summed E-state index contributed by atoms with van der Waals surface area (Å²) in [7, 11) is 0. The summed E-state index contributed by atoms with van der Waals surface area (Å²) in [6.07, 6.45) is 0.815. The zero-order valence-corrected chi connectivity index (χ0v) is 10.3. The maximum Gasteiger partial charge on any atom is 0.293 e. The van der Waals surface area contributed by atoms with E-state index >= 15 is 0 Å². The standard InChI is InChI=1S/C12H13N3OS/c1-7-14-12(17-15-7)16-10-6-8-4-2-3-5-9(8)11(10)13/h2-5,10-11H,6,13H2,1H3. The van der Waals surface area contributed by atoms with Crippen LogP contribution >= 0.6 is 11.5 Å². The lowest BCUT2D eigenvalue weighted by Gasteiger charge is -2.15. The molecule has 0 radical (unpaired) electrons. The van der Waals surface area contributed by atoms with Crippen LogP contribution in [0.3, 0.4) is 0 Å². The minimum Gasteiger partial charge on any atom is -0.463 e. The zero-order valence-electron chi connectivity index (χ0n) is 9.46. The Morgan fingerprint density at radius 2 is 2.24 bits per heavy atom. The fourth-order valence-electron chi connectivity index (χ4n) is 2.16. The monoisotopic (exact) mass is 247 g/mol. The minimum absolute atomic E-state index is 0.0280. The predicted molar refractivity (Wildman–Crippen MR) is 66.1 cm³/mol. The quantitative estimate of drug-likeness (QED) is 0.879. The Kier molecular flexibility index (Phi) is 2.57. The van der Waals surface area contributed by atoms with Crippen molar-refractivity contribution in [2.75, 3.05) is 0 Å². The number of rotatable bonds is 2. The highest BCUT2D eigenvalue weighted by atomic mass is 32.1. The van der Waals surface area contributed by atoms with Crippen LogP contribution in [-0.4, -0.2) is 15.5 Å². The summed E-state index contributed by atoms with van der Waals surface area (Å²) in [5, 5.41) is 0.607. The van der Waals surface area contributed by atoms with Gasteiger partial charge in [0.1, 0.15) is 11.9 Å². The molecular weight excluding hydrogens is 234 g/mol. The van der Waals surface area contributed by atoms with Crippen LogP contribution < -0.4 is 10.5 Å². The lowest BCUT2D eigenvalue weighted by atomic mass is 10.1. The maximum absolute atomic E-state index is 6.18. The van der Waals surface area contributed by atoms with Gasteiger partial charge in [-0.3, -0.25) is 0 Å². The molecule has 2 unspecified atom stereocenters. The first kappa shape index (κ1) is 10.7. The summed E-state index contributed by atoms with van der Waals surface area (Å²) in [6.45, 7) is 1.85. The minimum atomic E-state index is -0.0737. The first-order chi connectivity index (χ1) is 8.24. The first-order valence-electron chi connectivity index (χ1n) is 5.54. The van der Waals surface area contributed by atoms with Gasteiger partial charge in [0, 0.05) is 18.0 Å². The van der Waals surface area contributed by atoms with Crippen LogP contribution in [0.5, 0.6) is 5.19 Å². The lowest BCUT2D eigenvalue weighted by Crippen LogP contribution is -2.27. The molecule has 2 atom stereocenters. The fourth-order valence-corrected chi connectivity index (χ4v) is 2.75. The SMILES string of the molecule is Cc1nsc(OC2Cc3ccccc3C2N)n1. The van der Waals surface area contributed by atoms with Crippen molar-refractivity contribution in [1.29, 1.82) is 0 Å². The number of aryl methyl sites for hydroxylation is 1. The number of nitrogens with two attached hydrogens (primary N) is 1. The molecule has 0 saturated heterocycles. The van der Waals surface area contributed by atoms with Gasteiger partial charge in [0.2, 0.25) is 0 Å². The van der Waals surface area contributed by atoms with Crippen LogP contribution in [0.4, 0.5) is 0 Å². The third kappa shape index (κ3) is 1.92. The average molecular weight is 247 g/mol. The molecule has 1 aromatic heterocycles. The van der Waals surface area contributed by atoms with Gasteiger partial charge in [0.25, 0.3) is 5.19 Å². The Balaban J connectivity index is 1.80.